The number of aromatic nitrogens is 2. The lowest BCUT2D eigenvalue weighted by molar-refractivity contribution is -0.158. The molecule has 1 saturated heterocycles. The molecular formula is C11H17N3O2. The number of ether oxygens (including phenoxy) is 1. The molecule has 0 spiro atoms. The van der Waals surface area contributed by atoms with Gasteiger partial charge in [0.1, 0.15) is 0 Å². The highest BCUT2D eigenvalue weighted by Crippen LogP contribution is 2.27. The second-order valence-electron chi connectivity index (χ2n) is 4.66. The minimum Gasteiger partial charge on any atom is -0.379 e. The summed E-state index contributed by atoms with van der Waals surface area (Å²) in [4.78, 5) is 11.9. The molecular weight excluding hydrogens is 206 g/mol. The molecule has 1 N–H and O–H groups in total. The van der Waals surface area contributed by atoms with Crippen molar-refractivity contribution in [3.8, 4) is 0 Å². The zero-order valence-electron chi connectivity index (χ0n) is 9.86. The molecule has 1 amide bonds. The maximum absolute atomic E-state index is 11.9. The normalized spacial score (nSPS) is 19.9. The van der Waals surface area contributed by atoms with Crippen molar-refractivity contribution in [3.63, 3.8) is 0 Å². The van der Waals surface area contributed by atoms with Crippen molar-refractivity contribution in [1.82, 2.24) is 15.1 Å². The molecule has 1 atom stereocenters. The Morgan fingerprint density at radius 1 is 1.69 bits per heavy atom. The first kappa shape index (κ1) is 11.1. The quantitative estimate of drug-likeness (QED) is 0.818. The summed E-state index contributed by atoms with van der Waals surface area (Å²) < 4.78 is 6.80. The number of aryl methyl sites for hydroxylation is 1. The van der Waals surface area contributed by atoms with Crippen LogP contribution in [0.15, 0.2) is 12.3 Å². The minimum absolute atomic E-state index is 0.0388. The SMILES string of the molecule is C[C@H](NC(=O)C1(C)COC1)c1ccn(C)n1. The summed E-state index contributed by atoms with van der Waals surface area (Å²) in [7, 11) is 1.86. The molecule has 0 aliphatic carbocycles. The third-order valence-corrected chi connectivity index (χ3v) is 2.91. The van der Waals surface area contributed by atoms with Crippen LogP contribution in [0.5, 0.6) is 0 Å². The number of rotatable bonds is 3. The van der Waals surface area contributed by atoms with E-state index in [2.05, 4.69) is 10.4 Å². The van der Waals surface area contributed by atoms with E-state index in [1.807, 2.05) is 33.2 Å². The summed E-state index contributed by atoms with van der Waals surface area (Å²) in [5.74, 6) is 0.0388. The third-order valence-electron chi connectivity index (χ3n) is 2.91. The van der Waals surface area contributed by atoms with E-state index < -0.39 is 0 Å². The molecule has 1 aliphatic heterocycles. The molecule has 0 bridgehead atoms. The van der Waals surface area contributed by atoms with Crippen LogP contribution < -0.4 is 5.32 Å². The van der Waals surface area contributed by atoms with Gasteiger partial charge >= 0.3 is 0 Å². The van der Waals surface area contributed by atoms with Crippen LogP contribution in [-0.4, -0.2) is 28.9 Å². The zero-order valence-corrected chi connectivity index (χ0v) is 9.86. The van der Waals surface area contributed by atoms with Crippen molar-refractivity contribution in [3.05, 3.63) is 18.0 Å². The molecule has 5 heteroatoms. The van der Waals surface area contributed by atoms with Crippen LogP contribution >= 0.6 is 0 Å². The Balaban J connectivity index is 1.97. The molecule has 5 nitrogen and oxygen atoms in total. The van der Waals surface area contributed by atoms with E-state index in [0.29, 0.717) is 13.2 Å². The Hall–Kier alpha value is -1.36. The number of hydrogen-bond donors (Lipinski definition) is 1. The largest absolute Gasteiger partial charge is 0.379 e. The summed E-state index contributed by atoms with van der Waals surface area (Å²) in [6, 6.07) is 1.84. The lowest BCUT2D eigenvalue weighted by atomic mass is 9.87. The maximum atomic E-state index is 11.9. The second kappa shape index (κ2) is 3.90. The lowest BCUT2D eigenvalue weighted by Gasteiger charge is -2.37. The van der Waals surface area contributed by atoms with Gasteiger partial charge in [-0.25, -0.2) is 0 Å². The highest BCUT2D eigenvalue weighted by atomic mass is 16.5. The molecule has 2 heterocycles. The molecule has 0 radical (unpaired) electrons. The average Bonchev–Trinajstić information content (AvgIpc) is 2.61. The van der Waals surface area contributed by atoms with Gasteiger partial charge in [-0.15, -0.1) is 0 Å². The molecule has 88 valence electrons. The first-order chi connectivity index (χ1) is 7.51. The van der Waals surface area contributed by atoms with Gasteiger partial charge in [-0.3, -0.25) is 9.48 Å². The standard InChI is InChI=1S/C11H17N3O2/c1-8(9-4-5-14(3)13-9)12-10(15)11(2)6-16-7-11/h4-5,8H,6-7H2,1-3H3,(H,12,15)/t8-/m0/s1. The van der Waals surface area contributed by atoms with E-state index >= 15 is 0 Å². The Bertz CT molecular complexity index is 396. The van der Waals surface area contributed by atoms with Crippen LogP contribution in [0.25, 0.3) is 0 Å². The summed E-state index contributed by atoms with van der Waals surface area (Å²) in [5.41, 5.74) is 0.517. The maximum Gasteiger partial charge on any atom is 0.231 e. The molecule has 1 fully saturated rings. The summed E-state index contributed by atoms with van der Waals surface area (Å²) in [6.07, 6.45) is 1.87. The van der Waals surface area contributed by atoms with Crippen LogP contribution in [0.1, 0.15) is 25.6 Å². The molecule has 0 unspecified atom stereocenters. The number of carbonyl (C=O) groups excluding carboxylic acids is 1. The first-order valence-corrected chi connectivity index (χ1v) is 5.39. The van der Waals surface area contributed by atoms with Gasteiger partial charge in [0.15, 0.2) is 0 Å². The van der Waals surface area contributed by atoms with E-state index in [1.165, 1.54) is 0 Å². The van der Waals surface area contributed by atoms with Gasteiger partial charge in [0, 0.05) is 13.2 Å². The number of hydrogen-bond acceptors (Lipinski definition) is 3. The number of nitrogens with one attached hydrogen (secondary N) is 1. The summed E-state index contributed by atoms with van der Waals surface area (Å²) in [6.45, 7) is 4.86. The topological polar surface area (TPSA) is 56.1 Å². The van der Waals surface area contributed by atoms with Gasteiger partial charge < -0.3 is 10.1 Å². The van der Waals surface area contributed by atoms with Crippen molar-refractivity contribution in [2.75, 3.05) is 13.2 Å². The fourth-order valence-corrected chi connectivity index (χ4v) is 1.65. The van der Waals surface area contributed by atoms with Gasteiger partial charge in [-0.2, -0.15) is 5.10 Å². The molecule has 0 aromatic carbocycles. The van der Waals surface area contributed by atoms with Crippen LogP contribution in [0.3, 0.4) is 0 Å². The Morgan fingerprint density at radius 2 is 2.38 bits per heavy atom. The Labute approximate surface area is 94.8 Å². The fourth-order valence-electron chi connectivity index (χ4n) is 1.65. The Kier molecular flexibility index (Phi) is 2.71. The molecule has 16 heavy (non-hydrogen) atoms. The molecule has 1 aromatic rings. The Morgan fingerprint density at radius 3 is 2.81 bits per heavy atom. The van der Waals surface area contributed by atoms with E-state index in [0.717, 1.165) is 5.69 Å². The van der Waals surface area contributed by atoms with Crippen LogP contribution in [0, 0.1) is 5.41 Å². The van der Waals surface area contributed by atoms with Gasteiger partial charge in [0.05, 0.1) is 30.4 Å². The monoisotopic (exact) mass is 223 g/mol. The van der Waals surface area contributed by atoms with E-state index in [1.54, 1.807) is 4.68 Å². The van der Waals surface area contributed by atoms with Crippen molar-refractivity contribution >= 4 is 5.91 Å². The zero-order chi connectivity index (χ0) is 11.8. The van der Waals surface area contributed by atoms with Crippen molar-refractivity contribution < 1.29 is 9.53 Å². The second-order valence-corrected chi connectivity index (χ2v) is 4.66. The molecule has 0 saturated carbocycles. The van der Waals surface area contributed by atoms with Gasteiger partial charge in [0.25, 0.3) is 0 Å². The molecule has 1 aliphatic rings. The number of carbonyl (C=O) groups is 1. The van der Waals surface area contributed by atoms with E-state index in [9.17, 15) is 4.79 Å². The van der Waals surface area contributed by atoms with Gasteiger partial charge in [-0.1, -0.05) is 0 Å². The smallest absolute Gasteiger partial charge is 0.231 e. The molecule has 2 rings (SSSR count). The predicted octanol–water partition coefficient (Wildman–Crippen LogP) is 0.634. The summed E-state index contributed by atoms with van der Waals surface area (Å²) in [5, 5.41) is 7.22. The number of nitrogens with zero attached hydrogens (tertiary/aromatic N) is 2. The fraction of sp³-hybridized carbons (Fsp3) is 0.636. The van der Waals surface area contributed by atoms with Gasteiger partial charge in [0.2, 0.25) is 5.91 Å². The van der Waals surface area contributed by atoms with E-state index in [4.69, 9.17) is 4.74 Å². The van der Waals surface area contributed by atoms with Crippen LogP contribution in [0.2, 0.25) is 0 Å². The van der Waals surface area contributed by atoms with Crippen molar-refractivity contribution in [2.24, 2.45) is 12.5 Å². The summed E-state index contributed by atoms with van der Waals surface area (Å²) >= 11 is 0. The minimum atomic E-state index is -0.358. The highest BCUT2D eigenvalue weighted by Gasteiger charge is 2.41. The van der Waals surface area contributed by atoms with Gasteiger partial charge in [-0.05, 0) is 19.9 Å². The first-order valence-electron chi connectivity index (χ1n) is 5.39. The average molecular weight is 223 g/mol. The van der Waals surface area contributed by atoms with E-state index in [-0.39, 0.29) is 17.4 Å². The lowest BCUT2D eigenvalue weighted by Crippen LogP contribution is -2.52. The number of amides is 1. The predicted molar refractivity (Wildman–Crippen MR) is 58.7 cm³/mol. The third kappa shape index (κ3) is 1.95. The van der Waals surface area contributed by atoms with Crippen LogP contribution in [0.4, 0.5) is 0 Å². The van der Waals surface area contributed by atoms with Crippen molar-refractivity contribution in [1.29, 1.82) is 0 Å². The van der Waals surface area contributed by atoms with Crippen LogP contribution in [-0.2, 0) is 16.6 Å². The van der Waals surface area contributed by atoms with Crippen molar-refractivity contribution in [2.45, 2.75) is 19.9 Å². The molecule has 1 aromatic heterocycles. The highest BCUT2D eigenvalue weighted by molar-refractivity contribution is 5.83.